The summed E-state index contributed by atoms with van der Waals surface area (Å²) in [6.45, 7) is 1.94. The van der Waals surface area contributed by atoms with Crippen molar-refractivity contribution in [1.82, 2.24) is 0 Å². The summed E-state index contributed by atoms with van der Waals surface area (Å²) in [5, 5.41) is 10.5. The molecule has 0 atom stereocenters. The third kappa shape index (κ3) is 9.79. The van der Waals surface area contributed by atoms with Gasteiger partial charge in [0.2, 0.25) is 0 Å². The van der Waals surface area contributed by atoms with E-state index in [4.69, 9.17) is 23.4 Å². The van der Waals surface area contributed by atoms with Crippen LogP contribution >= 0.6 is 0 Å². The zero-order valence-corrected chi connectivity index (χ0v) is 30.0. The highest BCUT2D eigenvalue weighted by Gasteiger charge is 2.18. The number of fused-ring (bicyclic) bond motifs is 1. The molecule has 0 aliphatic heterocycles. The lowest BCUT2D eigenvalue weighted by atomic mass is 10.1. The fourth-order valence-corrected chi connectivity index (χ4v) is 5.28. The van der Waals surface area contributed by atoms with E-state index in [1.165, 1.54) is 42.5 Å². The van der Waals surface area contributed by atoms with Crippen LogP contribution in [0.3, 0.4) is 0 Å². The van der Waals surface area contributed by atoms with Gasteiger partial charge in [0.15, 0.2) is 16.9 Å². The van der Waals surface area contributed by atoms with Gasteiger partial charge in [-0.25, -0.2) is 14.4 Å². The van der Waals surface area contributed by atoms with E-state index in [0.717, 1.165) is 29.3 Å². The monoisotopic (exact) mass is 748 g/mol. The number of aryl methyl sites for hydroxylation is 1. The van der Waals surface area contributed by atoms with Crippen molar-refractivity contribution in [1.29, 1.82) is 0 Å². The van der Waals surface area contributed by atoms with E-state index >= 15 is 0 Å². The summed E-state index contributed by atoms with van der Waals surface area (Å²) in [5.74, 6) is -2.54. The summed E-state index contributed by atoms with van der Waals surface area (Å²) in [6.07, 6.45) is 8.88. The number of rotatable bonds is 12. The van der Waals surface area contributed by atoms with Gasteiger partial charge < -0.3 is 28.5 Å². The number of hydrogen-bond acceptors (Lipinski definition) is 11. The van der Waals surface area contributed by atoms with Crippen LogP contribution in [0.1, 0.15) is 32.6 Å². The Morgan fingerprint density at radius 3 is 1.73 bits per heavy atom. The fourth-order valence-electron chi connectivity index (χ4n) is 5.28. The number of phenolic OH excluding ortho intramolecular Hbond substituents is 1. The molecule has 0 unspecified atom stereocenters. The molecule has 0 fully saturated rings. The summed E-state index contributed by atoms with van der Waals surface area (Å²) in [4.78, 5) is 62.6. The molecule has 1 aromatic heterocycles. The standard InChI is InChI=1S/C45H32O11/c1-28-3-5-29(6-4-28)14-22-44(51)56-40-23-33(16-19-38(40)55-43(50)21-15-31-11-17-34(52-2)18-12-31)39-26-37(48)45-36(47)24-35(25-41(45)54-39)53-42(49)20-13-30-7-9-32(27-46)10-8-30/h3-27,47H,1-2H3/b20-13+,21-15+,22-14+. The van der Waals surface area contributed by atoms with E-state index in [1.54, 1.807) is 67.8 Å². The molecule has 0 saturated heterocycles. The Kier molecular flexibility index (Phi) is 11.8. The molecule has 0 amide bonds. The van der Waals surface area contributed by atoms with Gasteiger partial charge in [0.25, 0.3) is 0 Å². The molecular weight excluding hydrogens is 716 g/mol. The normalized spacial score (nSPS) is 11.2. The second kappa shape index (κ2) is 17.4. The van der Waals surface area contributed by atoms with Gasteiger partial charge in [-0.15, -0.1) is 0 Å². The molecule has 5 aromatic carbocycles. The number of benzene rings is 5. The van der Waals surface area contributed by atoms with Crippen molar-refractivity contribution in [3.05, 3.63) is 165 Å². The molecule has 0 radical (unpaired) electrons. The number of carbonyl (C=O) groups excluding carboxylic acids is 4. The molecule has 0 saturated carbocycles. The number of esters is 3. The van der Waals surface area contributed by atoms with Crippen LogP contribution < -0.4 is 24.4 Å². The molecule has 6 aromatic rings. The molecule has 0 aliphatic carbocycles. The Balaban J connectivity index is 1.28. The minimum absolute atomic E-state index is 0.00572. The largest absolute Gasteiger partial charge is 0.507 e. The van der Waals surface area contributed by atoms with Crippen LogP contribution in [0.15, 0.2) is 137 Å². The second-order valence-electron chi connectivity index (χ2n) is 12.2. The van der Waals surface area contributed by atoms with Crippen molar-refractivity contribution in [2.45, 2.75) is 6.92 Å². The van der Waals surface area contributed by atoms with Crippen LogP contribution in [-0.4, -0.2) is 36.4 Å². The van der Waals surface area contributed by atoms with Gasteiger partial charge in [0.1, 0.15) is 40.3 Å². The van der Waals surface area contributed by atoms with Crippen LogP contribution in [-0.2, 0) is 14.4 Å². The summed E-state index contributed by atoms with van der Waals surface area (Å²) < 4.78 is 27.7. The minimum Gasteiger partial charge on any atom is -0.507 e. The van der Waals surface area contributed by atoms with Gasteiger partial charge in [-0.2, -0.15) is 0 Å². The quantitative estimate of drug-likeness (QED) is 0.0558. The van der Waals surface area contributed by atoms with E-state index in [0.29, 0.717) is 28.7 Å². The minimum atomic E-state index is -0.784. The van der Waals surface area contributed by atoms with E-state index in [9.17, 15) is 29.1 Å². The van der Waals surface area contributed by atoms with Crippen molar-refractivity contribution in [3.63, 3.8) is 0 Å². The number of ether oxygens (including phenoxy) is 4. The Bertz CT molecular complexity index is 2580. The molecule has 0 aliphatic rings. The van der Waals surface area contributed by atoms with Crippen LogP contribution in [0, 0.1) is 6.92 Å². The second-order valence-corrected chi connectivity index (χ2v) is 12.2. The lowest BCUT2D eigenvalue weighted by Crippen LogP contribution is -2.09. The SMILES string of the molecule is COc1ccc(/C=C/C(=O)Oc2ccc(-c3cc(=O)c4c(O)cc(OC(=O)/C=C/c5ccc(C=O)cc5)cc4o3)cc2OC(=O)/C=C/c2ccc(C)cc2)cc1. The number of aromatic hydroxyl groups is 1. The number of carbonyl (C=O) groups is 4. The van der Waals surface area contributed by atoms with Crippen LogP contribution in [0.2, 0.25) is 0 Å². The zero-order chi connectivity index (χ0) is 39.6. The Hall–Kier alpha value is -7.79. The number of aldehydes is 1. The summed E-state index contributed by atoms with van der Waals surface area (Å²) in [5.41, 5.74) is 3.15. The van der Waals surface area contributed by atoms with Crippen molar-refractivity contribution < 1.29 is 47.6 Å². The molecule has 0 bridgehead atoms. The molecule has 56 heavy (non-hydrogen) atoms. The van der Waals surface area contributed by atoms with E-state index in [1.807, 2.05) is 31.2 Å². The summed E-state index contributed by atoms with van der Waals surface area (Å²) in [7, 11) is 1.55. The maximum absolute atomic E-state index is 13.2. The molecule has 6 rings (SSSR count). The molecule has 1 heterocycles. The molecule has 278 valence electrons. The van der Waals surface area contributed by atoms with Gasteiger partial charge in [0, 0.05) is 47.6 Å². The van der Waals surface area contributed by atoms with Crippen molar-refractivity contribution in [2.24, 2.45) is 0 Å². The van der Waals surface area contributed by atoms with Gasteiger partial charge in [-0.1, -0.05) is 66.2 Å². The summed E-state index contributed by atoms with van der Waals surface area (Å²) >= 11 is 0. The molecular formula is C45H32O11. The average Bonchev–Trinajstić information content (AvgIpc) is 3.19. The van der Waals surface area contributed by atoms with Gasteiger partial charge >= 0.3 is 17.9 Å². The van der Waals surface area contributed by atoms with Crippen LogP contribution in [0.25, 0.3) is 40.5 Å². The third-order valence-corrected chi connectivity index (χ3v) is 8.15. The lowest BCUT2D eigenvalue weighted by Gasteiger charge is -2.11. The third-order valence-electron chi connectivity index (χ3n) is 8.15. The first-order valence-electron chi connectivity index (χ1n) is 17.0. The highest BCUT2D eigenvalue weighted by atomic mass is 16.6. The smallest absolute Gasteiger partial charge is 0.336 e. The lowest BCUT2D eigenvalue weighted by molar-refractivity contribution is -0.131. The Labute approximate surface area is 320 Å². The Morgan fingerprint density at radius 1 is 0.607 bits per heavy atom. The predicted octanol–water partition coefficient (Wildman–Crippen LogP) is 8.15. The zero-order valence-electron chi connectivity index (χ0n) is 30.0. The number of phenols is 1. The van der Waals surface area contributed by atoms with Crippen molar-refractivity contribution >= 4 is 53.4 Å². The number of hydrogen-bond donors (Lipinski definition) is 1. The topological polar surface area (TPSA) is 156 Å². The van der Waals surface area contributed by atoms with Gasteiger partial charge in [0.05, 0.1) is 7.11 Å². The van der Waals surface area contributed by atoms with Gasteiger partial charge in [-0.05, 0) is 72.2 Å². The maximum Gasteiger partial charge on any atom is 0.336 e. The van der Waals surface area contributed by atoms with Gasteiger partial charge in [-0.3, -0.25) is 9.59 Å². The highest BCUT2D eigenvalue weighted by Crippen LogP contribution is 2.36. The Morgan fingerprint density at radius 2 is 1.14 bits per heavy atom. The molecule has 1 N–H and O–H groups in total. The number of methoxy groups -OCH3 is 1. The van der Waals surface area contributed by atoms with Crippen LogP contribution in [0.5, 0.6) is 28.7 Å². The first-order valence-corrected chi connectivity index (χ1v) is 17.0. The van der Waals surface area contributed by atoms with Crippen molar-refractivity contribution in [3.8, 4) is 40.1 Å². The molecule has 11 heteroatoms. The fraction of sp³-hybridized carbons (Fsp3) is 0.0444. The first kappa shape index (κ1) is 38.0. The van der Waals surface area contributed by atoms with E-state index < -0.39 is 29.1 Å². The first-order chi connectivity index (χ1) is 27.1. The highest BCUT2D eigenvalue weighted by molar-refractivity contribution is 5.93. The van der Waals surface area contributed by atoms with Crippen molar-refractivity contribution in [2.75, 3.05) is 7.11 Å². The maximum atomic E-state index is 13.2. The molecule has 0 spiro atoms. The molecule has 11 nitrogen and oxygen atoms in total. The van der Waals surface area contributed by atoms with Crippen LogP contribution in [0.4, 0.5) is 0 Å². The summed E-state index contributed by atoms with van der Waals surface area (Å²) in [6, 6.07) is 28.7. The average molecular weight is 749 g/mol. The predicted molar refractivity (Wildman–Crippen MR) is 210 cm³/mol. The van der Waals surface area contributed by atoms with E-state index in [2.05, 4.69) is 0 Å². The van der Waals surface area contributed by atoms with E-state index in [-0.39, 0.29) is 39.5 Å².